The van der Waals surface area contributed by atoms with E-state index in [2.05, 4.69) is 5.32 Å². The zero-order chi connectivity index (χ0) is 21.6. The van der Waals surface area contributed by atoms with E-state index < -0.39 is 6.04 Å². The van der Waals surface area contributed by atoms with Crippen LogP contribution in [0.3, 0.4) is 0 Å². The molecular formula is C25H28N2O2S2. The molecule has 1 aliphatic rings. The predicted octanol–water partition coefficient (Wildman–Crippen LogP) is 5.88. The van der Waals surface area contributed by atoms with Crippen molar-refractivity contribution in [2.45, 2.75) is 57.5 Å². The number of benzene rings is 1. The van der Waals surface area contributed by atoms with Gasteiger partial charge in [-0.25, -0.2) is 0 Å². The average Bonchev–Trinajstić information content (AvgIpc) is 3.48. The number of hydrogen-bond acceptors (Lipinski definition) is 4. The number of aryl methyl sites for hydroxylation is 1. The quantitative estimate of drug-likeness (QED) is 0.486. The van der Waals surface area contributed by atoms with Gasteiger partial charge in [0.25, 0.3) is 0 Å². The van der Waals surface area contributed by atoms with E-state index in [0.717, 1.165) is 46.7 Å². The number of nitrogens with zero attached hydrogens (tertiary/aromatic N) is 1. The molecule has 6 heteroatoms. The fourth-order valence-corrected chi connectivity index (χ4v) is 5.65. The first-order valence-electron chi connectivity index (χ1n) is 10.9. The maximum atomic E-state index is 13.6. The first kappa shape index (κ1) is 21.8. The first-order valence-corrected chi connectivity index (χ1v) is 12.6. The standard InChI is InChI=1S/C25H28N2O2S2/c1-18-11-13-20(14-12-18)27(23(28)17-21-9-5-15-30-21)24(22-10-6-16-31-22)25(29)26-19-7-3-2-4-8-19/h5-6,9-16,19,24H,2-4,7-8,17H2,1H3,(H,26,29). The Morgan fingerprint density at radius 1 is 1.00 bits per heavy atom. The maximum absolute atomic E-state index is 13.6. The third-order valence-corrected chi connectivity index (χ3v) is 7.56. The van der Waals surface area contributed by atoms with E-state index in [4.69, 9.17) is 0 Å². The highest BCUT2D eigenvalue weighted by Gasteiger charge is 2.34. The van der Waals surface area contributed by atoms with E-state index in [1.54, 1.807) is 16.2 Å². The van der Waals surface area contributed by atoms with Crippen molar-refractivity contribution in [3.63, 3.8) is 0 Å². The molecule has 0 radical (unpaired) electrons. The van der Waals surface area contributed by atoms with Gasteiger partial charge in [0, 0.05) is 21.5 Å². The van der Waals surface area contributed by atoms with Crippen LogP contribution in [0.4, 0.5) is 5.69 Å². The Kier molecular flexibility index (Phi) is 7.20. The number of carbonyl (C=O) groups is 2. The summed E-state index contributed by atoms with van der Waals surface area (Å²) in [7, 11) is 0. The Morgan fingerprint density at radius 3 is 2.35 bits per heavy atom. The Hall–Kier alpha value is -2.44. The third kappa shape index (κ3) is 5.43. The summed E-state index contributed by atoms with van der Waals surface area (Å²) < 4.78 is 0. The third-order valence-electron chi connectivity index (χ3n) is 5.76. The van der Waals surface area contributed by atoms with Gasteiger partial charge in [-0.2, -0.15) is 0 Å². The van der Waals surface area contributed by atoms with Gasteiger partial charge in [0.15, 0.2) is 0 Å². The van der Waals surface area contributed by atoms with E-state index >= 15 is 0 Å². The molecule has 0 bridgehead atoms. The molecule has 1 unspecified atom stereocenters. The normalized spacial score (nSPS) is 15.4. The van der Waals surface area contributed by atoms with Crippen LogP contribution in [0.25, 0.3) is 0 Å². The number of amides is 2. The van der Waals surface area contributed by atoms with Crippen molar-refractivity contribution in [1.82, 2.24) is 5.32 Å². The number of anilines is 1. The molecule has 0 spiro atoms. The van der Waals surface area contributed by atoms with E-state index in [1.807, 2.05) is 66.2 Å². The van der Waals surface area contributed by atoms with Gasteiger partial charge < -0.3 is 5.32 Å². The van der Waals surface area contributed by atoms with E-state index in [9.17, 15) is 9.59 Å². The first-order chi connectivity index (χ1) is 15.1. The van der Waals surface area contributed by atoms with Crippen molar-refractivity contribution in [2.24, 2.45) is 0 Å². The Labute approximate surface area is 191 Å². The molecule has 2 aromatic heterocycles. The molecule has 1 aromatic carbocycles. The lowest BCUT2D eigenvalue weighted by Crippen LogP contribution is -2.47. The fraction of sp³-hybridized carbons (Fsp3) is 0.360. The minimum absolute atomic E-state index is 0.0662. The summed E-state index contributed by atoms with van der Waals surface area (Å²) in [6.45, 7) is 2.02. The predicted molar refractivity (Wildman–Crippen MR) is 129 cm³/mol. The van der Waals surface area contributed by atoms with Gasteiger partial charge in [-0.05, 0) is 54.8 Å². The van der Waals surface area contributed by atoms with Gasteiger partial charge in [0.2, 0.25) is 11.8 Å². The van der Waals surface area contributed by atoms with Crippen LogP contribution in [-0.4, -0.2) is 17.9 Å². The van der Waals surface area contributed by atoms with Crippen LogP contribution in [0.2, 0.25) is 0 Å². The van der Waals surface area contributed by atoms with Crippen LogP contribution in [0.15, 0.2) is 59.3 Å². The fourth-order valence-electron chi connectivity index (χ4n) is 4.14. The molecule has 1 N–H and O–H groups in total. The number of nitrogens with one attached hydrogen (secondary N) is 1. The van der Waals surface area contributed by atoms with Crippen molar-refractivity contribution >= 4 is 40.2 Å². The van der Waals surface area contributed by atoms with Gasteiger partial charge in [-0.1, -0.05) is 49.1 Å². The van der Waals surface area contributed by atoms with Gasteiger partial charge in [-0.3, -0.25) is 14.5 Å². The number of rotatable bonds is 7. The molecule has 1 fully saturated rings. The molecule has 162 valence electrons. The lowest BCUT2D eigenvalue weighted by atomic mass is 9.95. The summed E-state index contributed by atoms with van der Waals surface area (Å²) in [6.07, 6.45) is 5.83. The largest absolute Gasteiger partial charge is 0.351 e. The van der Waals surface area contributed by atoms with Crippen LogP contribution < -0.4 is 10.2 Å². The molecule has 4 rings (SSSR count). The Bertz CT molecular complexity index is 975. The van der Waals surface area contributed by atoms with Crippen LogP contribution in [0, 0.1) is 6.92 Å². The number of carbonyl (C=O) groups excluding carboxylic acids is 2. The van der Waals surface area contributed by atoms with Crippen LogP contribution >= 0.6 is 22.7 Å². The molecule has 1 saturated carbocycles. The van der Waals surface area contributed by atoms with Crippen LogP contribution in [0.1, 0.15) is 53.5 Å². The minimum atomic E-state index is -0.669. The van der Waals surface area contributed by atoms with E-state index in [0.29, 0.717) is 0 Å². The van der Waals surface area contributed by atoms with Gasteiger partial charge in [0.05, 0.1) is 6.42 Å². The molecular weight excluding hydrogens is 424 g/mol. The van der Waals surface area contributed by atoms with Gasteiger partial charge in [-0.15, -0.1) is 22.7 Å². The van der Waals surface area contributed by atoms with Crippen molar-refractivity contribution in [3.8, 4) is 0 Å². The molecule has 2 heterocycles. The molecule has 4 nitrogen and oxygen atoms in total. The van der Waals surface area contributed by atoms with Crippen molar-refractivity contribution in [3.05, 3.63) is 74.6 Å². The highest BCUT2D eigenvalue weighted by molar-refractivity contribution is 7.10. The van der Waals surface area contributed by atoms with Crippen LogP contribution in [-0.2, 0) is 16.0 Å². The second-order valence-electron chi connectivity index (χ2n) is 8.12. The molecule has 1 aliphatic carbocycles. The Balaban J connectivity index is 1.69. The van der Waals surface area contributed by atoms with E-state index in [1.165, 1.54) is 17.8 Å². The van der Waals surface area contributed by atoms with Gasteiger partial charge >= 0.3 is 0 Å². The van der Waals surface area contributed by atoms with Crippen LogP contribution in [0.5, 0.6) is 0 Å². The number of hydrogen-bond donors (Lipinski definition) is 1. The lowest BCUT2D eigenvalue weighted by Gasteiger charge is -2.33. The topological polar surface area (TPSA) is 49.4 Å². The lowest BCUT2D eigenvalue weighted by molar-refractivity contribution is -0.127. The number of thiophene rings is 2. The molecule has 0 saturated heterocycles. The van der Waals surface area contributed by atoms with Gasteiger partial charge in [0.1, 0.15) is 6.04 Å². The summed E-state index contributed by atoms with van der Waals surface area (Å²) >= 11 is 3.09. The molecule has 0 aliphatic heterocycles. The summed E-state index contributed by atoms with van der Waals surface area (Å²) in [4.78, 5) is 30.8. The van der Waals surface area contributed by atoms with Crippen molar-refractivity contribution in [2.75, 3.05) is 4.90 Å². The molecule has 1 atom stereocenters. The summed E-state index contributed by atoms with van der Waals surface area (Å²) in [5, 5.41) is 7.20. The van der Waals surface area contributed by atoms with Crippen molar-refractivity contribution in [1.29, 1.82) is 0 Å². The molecule has 3 aromatic rings. The molecule has 2 amide bonds. The smallest absolute Gasteiger partial charge is 0.248 e. The summed E-state index contributed by atoms with van der Waals surface area (Å²) in [5.74, 6) is -0.155. The second-order valence-corrected chi connectivity index (χ2v) is 10.1. The van der Waals surface area contributed by atoms with E-state index in [-0.39, 0.29) is 24.3 Å². The average molecular weight is 453 g/mol. The maximum Gasteiger partial charge on any atom is 0.248 e. The van der Waals surface area contributed by atoms with Crippen molar-refractivity contribution < 1.29 is 9.59 Å². The zero-order valence-corrected chi connectivity index (χ0v) is 19.4. The Morgan fingerprint density at radius 2 is 1.71 bits per heavy atom. The summed E-state index contributed by atoms with van der Waals surface area (Å²) in [5.41, 5.74) is 1.87. The summed E-state index contributed by atoms with van der Waals surface area (Å²) in [6, 6.07) is 15.2. The SMILES string of the molecule is Cc1ccc(N(C(=O)Cc2cccs2)C(C(=O)NC2CCCCC2)c2cccs2)cc1. The minimum Gasteiger partial charge on any atom is -0.351 e. The highest BCUT2D eigenvalue weighted by Crippen LogP contribution is 2.32. The highest BCUT2D eigenvalue weighted by atomic mass is 32.1. The molecule has 31 heavy (non-hydrogen) atoms. The zero-order valence-electron chi connectivity index (χ0n) is 17.8. The second kappa shape index (κ2) is 10.2. The monoisotopic (exact) mass is 452 g/mol.